The van der Waals surface area contributed by atoms with Crippen molar-refractivity contribution in [2.45, 2.75) is 19.4 Å². The van der Waals surface area contributed by atoms with E-state index in [0.29, 0.717) is 6.42 Å². The summed E-state index contributed by atoms with van der Waals surface area (Å²) in [5.74, 6) is -1.44. The number of carbonyl (C=O) groups excluding carboxylic acids is 1. The highest BCUT2D eigenvalue weighted by atomic mass is 79.9. The Labute approximate surface area is 114 Å². The quantitative estimate of drug-likeness (QED) is 0.821. The molecule has 0 saturated heterocycles. The Balaban J connectivity index is 2.62. The minimum atomic E-state index is -1.03. The molecule has 0 aliphatic rings. The Kier molecular flexibility index (Phi) is 5.58. The van der Waals surface area contributed by atoms with Gasteiger partial charge >= 0.3 is 5.97 Å². The molecule has 0 unspecified atom stereocenters. The van der Waals surface area contributed by atoms with Gasteiger partial charge in [0.1, 0.15) is 6.04 Å². The maximum absolute atomic E-state index is 11.5. The topological polar surface area (TPSA) is 66.4 Å². The summed E-state index contributed by atoms with van der Waals surface area (Å²) in [5, 5.41) is 11.2. The van der Waals surface area contributed by atoms with Crippen LogP contribution in [0.3, 0.4) is 0 Å². The van der Waals surface area contributed by atoms with Crippen molar-refractivity contribution in [1.29, 1.82) is 0 Å². The van der Waals surface area contributed by atoms with Gasteiger partial charge in [0.25, 0.3) is 0 Å². The summed E-state index contributed by atoms with van der Waals surface area (Å²) in [5.41, 5.74) is 0.864. The molecule has 0 spiro atoms. The molecule has 0 saturated carbocycles. The number of halogens is 1. The van der Waals surface area contributed by atoms with E-state index < -0.39 is 17.9 Å². The van der Waals surface area contributed by atoms with Crippen LogP contribution in [0.5, 0.6) is 0 Å². The number of rotatable bonds is 5. The van der Waals surface area contributed by atoms with Gasteiger partial charge in [0.05, 0.1) is 0 Å². The van der Waals surface area contributed by atoms with E-state index >= 15 is 0 Å². The summed E-state index contributed by atoms with van der Waals surface area (Å²) < 4.78 is 0.919. The van der Waals surface area contributed by atoms with Crippen molar-refractivity contribution in [3.63, 3.8) is 0 Å². The number of hydrogen-bond acceptors (Lipinski definition) is 2. The van der Waals surface area contributed by atoms with Crippen LogP contribution in [-0.4, -0.2) is 23.0 Å². The molecule has 0 heterocycles. The lowest BCUT2D eigenvalue weighted by Gasteiger charge is -2.09. The lowest BCUT2D eigenvalue weighted by atomic mass is 10.2. The van der Waals surface area contributed by atoms with Gasteiger partial charge in [0, 0.05) is 10.5 Å². The van der Waals surface area contributed by atoms with Crippen LogP contribution in [0.25, 0.3) is 6.08 Å². The zero-order chi connectivity index (χ0) is 13.5. The second kappa shape index (κ2) is 6.96. The molecule has 0 radical (unpaired) electrons. The molecule has 1 aromatic carbocycles. The van der Waals surface area contributed by atoms with Gasteiger partial charge in [-0.15, -0.1) is 0 Å². The monoisotopic (exact) mass is 311 g/mol. The molecule has 0 fully saturated rings. The predicted octanol–water partition coefficient (Wildman–Crippen LogP) is 2.44. The summed E-state index contributed by atoms with van der Waals surface area (Å²) in [6.45, 7) is 1.71. The van der Waals surface area contributed by atoms with Crippen molar-refractivity contribution in [3.8, 4) is 0 Å². The number of amides is 1. The SMILES string of the molecule is CC[C@H](NC(=O)/C=C/c1cccc(Br)c1)C(=O)O. The highest BCUT2D eigenvalue weighted by Crippen LogP contribution is 2.12. The fourth-order valence-corrected chi connectivity index (χ4v) is 1.76. The highest BCUT2D eigenvalue weighted by molar-refractivity contribution is 9.10. The van der Waals surface area contributed by atoms with Crippen LogP contribution in [0.15, 0.2) is 34.8 Å². The Morgan fingerprint density at radius 2 is 2.22 bits per heavy atom. The average Bonchev–Trinajstić information content (AvgIpc) is 2.33. The van der Waals surface area contributed by atoms with Crippen LogP contribution in [0.1, 0.15) is 18.9 Å². The summed E-state index contributed by atoms with van der Waals surface area (Å²) in [4.78, 5) is 22.2. The van der Waals surface area contributed by atoms with Crippen LogP contribution < -0.4 is 5.32 Å². The average molecular weight is 312 g/mol. The second-order valence-corrected chi connectivity index (χ2v) is 4.61. The third kappa shape index (κ3) is 4.71. The summed E-state index contributed by atoms with van der Waals surface area (Å²) in [6, 6.07) is 6.61. The van der Waals surface area contributed by atoms with E-state index in [1.165, 1.54) is 6.08 Å². The van der Waals surface area contributed by atoms with Crippen LogP contribution in [0.4, 0.5) is 0 Å². The fraction of sp³-hybridized carbons (Fsp3) is 0.231. The molecule has 5 heteroatoms. The van der Waals surface area contributed by atoms with Gasteiger partial charge in [-0.2, -0.15) is 0 Å². The van der Waals surface area contributed by atoms with Gasteiger partial charge in [-0.25, -0.2) is 4.79 Å². The normalized spacial score (nSPS) is 12.3. The molecule has 1 rings (SSSR count). The van der Waals surface area contributed by atoms with Gasteiger partial charge in [0.15, 0.2) is 0 Å². The van der Waals surface area contributed by atoms with Crippen molar-refractivity contribution in [2.75, 3.05) is 0 Å². The van der Waals surface area contributed by atoms with E-state index in [1.807, 2.05) is 24.3 Å². The first-order chi connectivity index (χ1) is 8.52. The Bertz CT molecular complexity index is 471. The molecular formula is C13H14BrNO3. The number of nitrogens with one attached hydrogen (secondary N) is 1. The first-order valence-corrected chi connectivity index (χ1v) is 6.29. The Morgan fingerprint density at radius 3 is 2.78 bits per heavy atom. The van der Waals surface area contributed by atoms with E-state index in [1.54, 1.807) is 13.0 Å². The number of carboxylic acid groups (broad SMARTS) is 1. The van der Waals surface area contributed by atoms with Crippen LogP contribution >= 0.6 is 15.9 Å². The zero-order valence-corrected chi connectivity index (χ0v) is 11.5. The minimum Gasteiger partial charge on any atom is -0.480 e. The summed E-state index contributed by atoms with van der Waals surface area (Å²) in [6.07, 6.45) is 3.31. The summed E-state index contributed by atoms with van der Waals surface area (Å²) in [7, 11) is 0. The molecule has 96 valence electrons. The van der Waals surface area contributed by atoms with Gasteiger partial charge in [-0.1, -0.05) is 35.0 Å². The van der Waals surface area contributed by atoms with Crippen LogP contribution in [-0.2, 0) is 9.59 Å². The lowest BCUT2D eigenvalue weighted by Crippen LogP contribution is -2.39. The molecule has 1 atom stereocenters. The number of benzene rings is 1. The van der Waals surface area contributed by atoms with Crippen molar-refractivity contribution in [1.82, 2.24) is 5.32 Å². The minimum absolute atomic E-state index is 0.353. The smallest absolute Gasteiger partial charge is 0.326 e. The Morgan fingerprint density at radius 1 is 1.50 bits per heavy atom. The Hall–Kier alpha value is -1.62. The lowest BCUT2D eigenvalue weighted by molar-refractivity contribution is -0.141. The van der Waals surface area contributed by atoms with Crippen LogP contribution in [0.2, 0.25) is 0 Å². The predicted molar refractivity (Wildman–Crippen MR) is 73.0 cm³/mol. The number of carbonyl (C=O) groups is 2. The number of aliphatic carboxylic acids is 1. The molecule has 0 aliphatic carbocycles. The molecule has 2 N–H and O–H groups in total. The van der Waals surface area contributed by atoms with Crippen molar-refractivity contribution < 1.29 is 14.7 Å². The molecule has 18 heavy (non-hydrogen) atoms. The molecule has 0 aliphatic heterocycles. The first-order valence-electron chi connectivity index (χ1n) is 5.50. The van der Waals surface area contributed by atoms with E-state index in [4.69, 9.17) is 5.11 Å². The maximum atomic E-state index is 11.5. The van der Waals surface area contributed by atoms with E-state index in [2.05, 4.69) is 21.2 Å². The van der Waals surface area contributed by atoms with E-state index in [9.17, 15) is 9.59 Å². The van der Waals surface area contributed by atoms with Gasteiger partial charge < -0.3 is 10.4 Å². The van der Waals surface area contributed by atoms with Crippen molar-refractivity contribution >= 4 is 33.9 Å². The van der Waals surface area contributed by atoms with Crippen LogP contribution in [0, 0.1) is 0 Å². The molecule has 1 amide bonds. The number of carboxylic acids is 1. The van der Waals surface area contributed by atoms with Gasteiger partial charge in [-0.3, -0.25) is 4.79 Å². The highest BCUT2D eigenvalue weighted by Gasteiger charge is 2.15. The molecular weight excluding hydrogens is 298 g/mol. The largest absolute Gasteiger partial charge is 0.480 e. The summed E-state index contributed by atoms with van der Waals surface area (Å²) >= 11 is 3.33. The van der Waals surface area contributed by atoms with Crippen molar-refractivity contribution in [3.05, 3.63) is 40.4 Å². The molecule has 4 nitrogen and oxygen atoms in total. The zero-order valence-electron chi connectivity index (χ0n) is 9.89. The van der Waals surface area contributed by atoms with E-state index in [0.717, 1.165) is 10.0 Å². The third-order valence-corrected chi connectivity index (χ3v) is 2.79. The van der Waals surface area contributed by atoms with Gasteiger partial charge in [0.2, 0.25) is 5.91 Å². The van der Waals surface area contributed by atoms with Gasteiger partial charge in [-0.05, 0) is 30.2 Å². The third-order valence-electron chi connectivity index (χ3n) is 2.30. The number of hydrogen-bond donors (Lipinski definition) is 2. The standard InChI is InChI=1S/C13H14BrNO3/c1-2-11(13(17)18)15-12(16)7-6-9-4-3-5-10(14)8-9/h3-8,11H,2H2,1H3,(H,15,16)(H,17,18)/b7-6+/t11-/m0/s1. The second-order valence-electron chi connectivity index (χ2n) is 3.70. The maximum Gasteiger partial charge on any atom is 0.326 e. The molecule has 1 aromatic rings. The molecule has 0 bridgehead atoms. The fourth-order valence-electron chi connectivity index (χ4n) is 1.34. The van der Waals surface area contributed by atoms with Crippen molar-refractivity contribution in [2.24, 2.45) is 0 Å². The first kappa shape index (κ1) is 14.4. The molecule has 0 aromatic heterocycles. The van der Waals surface area contributed by atoms with E-state index in [-0.39, 0.29) is 0 Å².